The normalized spacial score (nSPS) is 9.88. The van der Waals surface area contributed by atoms with Crippen molar-refractivity contribution in [3.63, 3.8) is 0 Å². The predicted octanol–water partition coefficient (Wildman–Crippen LogP) is 2.77. The third-order valence-electron chi connectivity index (χ3n) is 2.29. The van der Waals surface area contributed by atoms with Gasteiger partial charge >= 0.3 is 5.97 Å². The highest BCUT2D eigenvalue weighted by Gasteiger charge is 2.08. The number of carbonyl (C=O) groups excluding carboxylic acids is 2. The lowest BCUT2D eigenvalue weighted by Gasteiger charge is -2.07. The molecule has 0 saturated heterocycles. The minimum Gasteiger partial charge on any atom is -0.426 e. The number of benzene rings is 1. The smallest absolute Gasteiger partial charge is 0.311 e. The van der Waals surface area contributed by atoms with Gasteiger partial charge in [-0.05, 0) is 30.5 Å². The summed E-state index contributed by atoms with van der Waals surface area (Å²) < 4.78 is 5.11. The molecule has 0 unspecified atom stereocenters. The van der Waals surface area contributed by atoms with Crippen molar-refractivity contribution < 1.29 is 14.3 Å². The van der Waals surface area contributed by atoms with Crippen LogP contribution in [0.3, 0.4) is 0 Å². The number of hydrogen-bond acceptors (Lipinski definition) is 3. The minimum absolute atomic E-state index is 0.296. The summed E-state index contributed by atoms with van der Waals surface area (Å²) in [6, 6.07) is 5.29. The van der Waals surface area contributed by atoms with E-state index in [1.807, 2.05) is 19.9 Å². The molecule has 0 saturated carbocycles. The summed E-state index contributed by atoms with van der Waals surface area (Å²) in [6.07, 6.45) is 2.67. The van der Waals surface area contributed by atoms with Gasteiger partial charge in [-0.2, -0.15) is 0 Å². The summed E-state index contributed by atoms with van der Waals surface area (Å²) in [5.41, 5.74) is 1.49. The number of aldehydes is 1. The largest absolute Gasteiger partial charge is 0.426 e. The Hall–Kier alpha value is -1.64. The third-order valence-corrected chi connectivity index (χ3v) is 2.29. The second-order valence-electron chi connectivity index (χ2n) is 3.57. The molecule has 1 rings (SSSR count). The highest BCUT2D eigenvalue weighted by Crippen LogP contribution is 2.19. The molecule has 3 nitrogen and oxygen atoms in total. The fraction of sp³-hybridized carbons (Fsp3) is 0.385. The van der Waals surface area contributed by atoms with E-state index in [0.717, 1.165) is 18.4 Å². The van der Waals surface area contributed by atoms with Crippen molar-refractivity contribution in [2.45, 2.75) is 33.1 Å². The number of aryl methyl sites for hydroxylation is 1. The molecule has 3 heteroatoms. The Morgan fingerprint density at radius 1 is 1.38 bits per heavy atom. The van der Waals surface area contributed by atoms with Gasteiger partial charge in [0, 0.05) is 6.42 Å². The van der Waals surface area contributed by atoms with Crippen molar-refractivity contribution in [3.05, 3.63) is 29.3 Å². The van der Waals surface area contributed by atoms with E-state index in [4.69, 9.17) is 4.74 Å². The molecule has 0 aromatic heterocycles. The average molecular weight is 220 g/mol. The average Bonchev–Trinajstić information content (AvgIpc) is 2.30. The number of hydrogen-bond donors (Lipinski definition) is 0. The van der Waals surface area contributed by atoms with Gasteiger partial charge in [-0.1, -0.05) is 19.9 Å². The fourth-order valence-electron chi connectivity index (χ4n) is 1.38. The molecule has 86 valence electrons. The number of rotatable bonds is 5. The van der Waals surface area contributed by atoms with Crippen LogP contribution in [0.1, 0.15) is 42.6 Å². The van der Waals surface area contributed by atoms with Gasteiger partial charge in [-0.3, -0.25) is 9.59 Å². The molecule has 0 bridgehead atoms. The van der Waals surface area contributed by atoms with Gasteiger partial charge in [0.1, 0.15) is 5.75 Å². The lowest BCUT2D eigenvalue weighted by Crippen LogP contribution is -2.08. The minimum atomic E-state index is -0.296. The van der Waals surface area contributed by atoms with Gasteiger partial charge in [0.15, 0.2) is 6.29 Å². The first-order valence-corrected chi connectivity index (χ1v) is 5.50. The molecular formula is C13H16O3. The lowest BCUT2D eigenvalue weighted by molar-refractivity contribution is -0.134. The summed E-state index contributed by atoms with van der Waals surface area (Å²) in [7, 11) is 0. The maximum Gasteiger partial charge on any atom is 0.311 e. The van der Waals surface area contributed by atoms with Crippen LogP contribution in [-0.2, 0) is 11.2 Å². The van der Waals surface area contributed by atoms with E-state index in [0.29, 0.717) is 24.0 Å². The van der Waals surface area contributed by atoms with Crippen LogP contribution in [0, 0.1) is 0 Å². The van der Waals surface area contributed by atoms with Crippen LogP contribution >= 0.6 is 0 Å². The van der Waals surface area contributed by atoms with Gasteiger partial charge in [-0.25, -0.2) is 0 Å². The monoisotopic (exact) mass is 220 g/mol. The molecule has 0 spiro atoms. The maximum atomic E-state index is 11.3. The topological polar surface area (TPSA) is 43.4 Å². The highest BCUT2D eigenvalue weighted by atomic mass is 16.5. The summed E-state index contributed by atoms with van der Waals surface area (Å²) in [4.78, 5) is 22.1. The first kappa shape index (κ1) is 12.4. The number of carbonyl (C=O) groups is 2. The van der Waals surface area contributed by atoms with E-state index in [-0.39, 0.29) is 5.97 Å². The summed E-state index contributed by atoms with van der Waals surface area (Å²) in [5, 5.41) is 0. The Balaban J connectivity index is 2.87. The Morgan fingerprint density at radius 2 is 2.12 bits per heavy atom. The molecule has 16 heavy (non-hydrogen) atoms. The summed E-state index contributed by atoms with van der Waals surface area (Å²) >= 11 is 0. The first-order chi connectivity index (χ1) is 7.71. The molecule has 1 aromatic rings. The summed E-state index contributed by atoms with van der Waals surface area (Å²) in [6.45, 7) is 3.91. The molecule has 0 atom stereocenters. The molecule has 0 aliphatic heterocycles. The van der Waals surface area contributed by atoms with Crippen molar-refractivity contribution in [2.75, 3.05) is 0 Å². The van der Waals surface area contributed by atoms with Gasteiger partial charge in [0.2, 0.25) is 0 Å². The van der Waals surface area contributed by atoms with Crippen LogP contribution in [-0.4, -0.2) is 12.3 Å². The molecule has 0 radical (unpaired) electrons. The molecule has 0 amide bonds. The number of ether oxygens (including phenoxy) is 1. The second-order valence-corrected chi connectivity index (χ2v) is 3.57. The molecule has 0 heterocycles. The Bertz CT molecular complexity index is 383. The van der Waals surface area contributed by atoms with E-state index in [2.05, 4.69) is 0 Å². The molecule has 0 aliphatic carbocycles. The predicted molar refractivity (Wildman–Crippen MR) is 61.8 cm³/mol. The Morgan fingerprint density at radius 3 is 2.69 bits per heavy atom. The second kappa shape index (κ2) is 6.05. The van der Waals surface area contributed by atoms with Crippen molar-refractivity contribution >= 4 is 12.3 Å². The van der Waals surface area contributed by atoms with Gasteiger partial charge in [0.05, 0.1) is 5.56 Å². The van der Waals surface area contributed by atoms with Crippen LogP contribution < -0.4 is 4.74 Å². The van der Waals surface area contributed by atoms with Crippen LogP contribution in [0.25, 0.3) is 0 Å². The first-order valence-electron chi connectivity index (χ1n) is 5.50. The van der Waals surface area contributed by atoms with E-state index in [1.165, 1.54) is 0 Å². The lowest BCUT2D eigenvalue weighted by atomic mass is 10.1. The van der Waals surface area contributed by atoms with Crippen molar-refractivity contribution in [1.82, 2.24) is 0 Å². The molecule has 0 N–H and O–H groups in total. The van der Waals surface area contributed by atoms with Gasteiger partial charge < -0.3 is 4.74 Å². The zero-order valence-corrected chi connectivity index (χ0v) is 9.66. The standard InChI is InChI=1S/C13H16O3/c1-3-5-13(15)16-12-7-6-10(4-2)8-11(12)9-14/h6-9H,3-5H2,1-2H3. The van der Waals surface area contributed by atoms with Crippen LogP contribution in [0.2, 0.25) is 0 Å². The van der Waals surface area contributed by atoms with Crippen molar-refractivity contribution in [2.24, 2.45) is 0 Å². The van der Waals surface area contributed by atoms with E-state index < -0.39 is 0 Å². The van der Waals surface area contributed by atoms with Gasteiger partial charge in [0.25, 0.3) is 0 Å². The van der Waals surface area contributed by atoms with Crippen molar-refractivity contribution in [3.8, 4) is 5.75 Å². The third kappa shape index (κ3) is 3.19. The van der Waals surface area contributed by atoms with E-state index in [1.54, 1.807) is 12.1 Å². The number of esters is 1. The maximum absolute atomic E-state index is 11.3. The molecule has 1 aromatic carbocycles. The van der Waals surface area contributed by atoms with Crippen LogP contribution in [0.5, 0.6) is 5.75 Å². The van der Waals surface area contributed by atoms with E-state index in [9.17, 15) is 9.59 Å². The summed E-state index contributed by atoms with van der Waals surface area (Å²) in [5.74, 6) is 0.0560. The Kier molecular flexibility index (Phi) is 4.70. The van der Waals surface area contributed by atoms with Crippen LogP contribution in [0.4, 0.5) is 0 Å². The van der Waals surface area contributed by atoms with Crippen molar-refractivity contribution in [1.29, 1.82) is 0 Å². The van der Waals surface area contributed by atoms with Crippen LogP contribution in [0.15, 0.2) is 18.2 Å². The Labute approximate surface area is 95.4 Å². The fourth-order valence-corrected chi connectivity index (χ4v) is 1.38. The molecular weight excluding hydrogens is 204 g/mol. The SMILES string of the molecule is CCCC(=O)Oc1ccc(CC)cc1C=O. The van der Waals surface area contributed by atoms with Gasteiger partial charge in [-0.15, -0.1) is 0 Å². The zero-order valence-electron chi connectivity index (χ0n) is 9.66. The highest BCUT2D eigenvalue weighted by molar-refractivity contribution is 5.82. The quantitative estimate of drug-likeness (QED) is 0.435. The molecule has 0 fully saturated rings. The van der Waals surface area contributed by atoms with E-state index >= 15 is 0 Å². The zero-order chi connectivity index (χ0) is 12.0. The molecule has 0 aliphatic rings.